The van der Waals surface area contributed by atoms with Crippen molar-refractivity contribution in [3.8, 4) is 0 Å². The molecule has 1 aliphatic rings. The molecule has 0 aromatic heterocycles. The lowest BCUT2D eigenvalue weighted by molar-refractivity contribution is 0.550. The van der Waals surface area contributed by atoms with Crippen molar-refractivity contribution in [2.75, 3.05) is 24.0 Å². The van der Waals surface area contributed by atoms with Crippen LogP contribution in [0.2, 0.25) is 0 Å². The first-order chi connectivity index (χ1) is 14.7. The number of hydrazone groups is 1. The van der Waals surface area contributed by atoms with Crippen molar-refractivity contribution >= 4 is 23.0 Å². The predicted molar refractivity (Wildman–Crippen MR) is 123 cm³/mol. The maximum absolute atomic E-state index is 12.0. The molecule has 5 nitrogen and oxygen atoms in total. The van der Waals surface area contributed by atoms with Crippen molar-refractivity contribution in [1.29, 1.82) is 0 Å². The highest BCUT2D eigenvalue weighted by atomic mass is 16.1. The summed E-state index contributed by atoms with van der Waals surface area (Å²) < 4.78 is 0. The van der Waals surface area contributed by atoms with E-state index in [1.165, 1.54) is 0 Å². The summed E-state index contributed by atoms with van der Waals surface area (Å²) in [6.45, 7) is 0.609. The molecular formula is C25H24N4O. The number of hydrogen-bond acceptors (Lipinski definition) is 5. The van der Waals surface area contributed by atoms with Gasteiger partial charge in [0.1, 0.15) is 23.4 Å². The van der Waals surface area contributed by atoms with Crippen molar-refractivity contribution in [3.05, 3.63) is 102 Å². The largest absolute Gasteiger partial charge is 0.378 e. The molecule has 30 heavy (non-hydrogen) atoms. The summed E-state index contributed by atoms with van der Waals surface area (Å²) in [5, 5.41) is 10.2. The molecule has 5 heteroatoms. The Morgan fingerprint density at radius 1 is 0.967 bits per heavy atom. The van der Waals surface area contributed by atoms with Crippen LogP contribution in [0.5, 0.6) is 0 Å². The predicted octanol–water partition coefficient (Wildman–Crippen LogP) is 3.85. The van der Waals surface area contributed by atoms with Gasteiger partial charge >= 0.3 is 0 Å². The van der Waals surface area contributed by atoms with E-state index in [1.807, 2.05) is 90.7 Å². The minimum absolute atomic E-state index is 0.407. The van der Waals surface area contributed by atoms with Crippen molar-refractivity contribution in [1.82, 2.24) is 5.32 Å². The third-order valence-electron chi connectivity index (χ3n) is 5.09. The van der Waals surface area contributed by atoms with Crippen molar-refractivity contribution in [3.63, 3.8) is 0 Å². The molecule has 150 valence electrons. The Labute approximate surface area is 177 Å². The summed E-state index contributed by atoms with van der Waals surface area (Å²) in [6.07, 6.45) is -0.407. The highest BCUT2D eigenvalue weighted by molar-refractivity contribution is 6.19. The van der Waals surface area contributed by atoms with E-state index >= 15 is 0 Å². The molecule has 1 heterocycles. The molecule has 0 saturated carbocycles. The zero-order valence-electron chi connectivity index (χ0n) is 17.1. The second kappa shape index (κ2) is 8.78. The summed E-state index contributed by atoms with van der Waals surface area (Å²) in [7, 11) is 4.01. The van der Waals surface area contributed by atoms with Gasteiger partial charge in [-0.15, -0.1) is 0 Å². The molecule has 0 spiro atoms. The second-order valence-electron chi connectivity index (χ2n) is 7.36. The number of rotatable bonds is 6. The molecule has 1 atom stereocenters. The number of nitrogens with one attached hydrogen (secondary N) is 1. The zero-order valence-corrected chi connectivity index (χ0v) is 17.1. The minimum Gasteiger partial charge on any atom is -0.378 e. The Bertz CT molecular complexity index is 1090. The standard InChI is InChI=1S/C25H24N4O/c1-28(2)21-14-9-15-22(16-21)29-25(26-17-19-10-5-3-6-11-19)23(18-30)24(27-29)20-12-7-4-8-13-20/h3-16,25-26H,17H2,1-2H3. The van der Waals surface area contributed by atoms with Gasteiger partial charge in [-0.2, -0.15) is 5.10 Å². The molecule has 0 bridgehead atoms. The third kappa shape index (κ3) is 4.03. The molecule has 4 rings (SSSR count). The first-order valence-electron chi connectivity index (χ1n) is 9.90. The van der Waals surface area contributed by atoms with E-state index in [4.69, 9.17) is 5.10 Å². The van der Waals surface area contributed by atoms with Crippen molar-refractivity contribution in [2.45, 2.75) is 12.7 Å². The molecule has 3 aromatic rings. The molecule has 1 unspecified atom stereocenters. The van der Waals surface area contributed by atoms with Crippen LogP contribution < -0.4 is 15.2 Å². The molecule has 0 radical (unpaired) electrons. The lowest BCUT2D eigenvalue weighted by atomic mass is 10.0. The number of carbonyl (C=O) groups excluding carboxylic acids is 1. The van der Waals surface area contributed by atoms with Crippen molar-refractivity contribution < 1.29 is 4.79 Å². The van der Waals surface area contributed by atoms with E-state index in [0.29, 0.717) is 17.8 Å². The Morgan fingerprint density at radius 3 is 2.33 bits per heavy atom. The van der Waals surface area contributed by atoms with E-state index < -0.39 is 6.17 Å². The molecular weight excluding hydrogens is 372 g/mol. The van der Waals surface area contributed by atoms with Gasteiger partial charge in [0.05, 0.1) is 5.69 Å². The number of benzene rings is 3. The molecule has 0 fully saturated rings. The highest BCUT2D eigenvalue weighted by Crippen LogP contribution is 2.30. The third-order valence-corrected chi connectivity index (χ3v) is 5.09. The first-order valence-corrected chi connectivity index (χ1v) is 9.90. The summed E-state index contributed by atoms with van der Waals surface area (Å²) in [5.41, 5.74) is 5.16. The van der Waals surface area contributed by atoms with Gasteiger partial charge in [0.15, 0.2) is 0 Å². The minimum atomic E-state index is -0.407. The summed E-state index contributed by atoms with van der Waals surface area (Å²) in [6, 6.07) is 28.0. The fourth-order valence-corrected chi connectivity index (χ4v) is 3.50. The van der Waals surface area contributed by atoms with Gasteiger partial charge in [-0.05, 0) is 23.8 Å². The average molecular weight is 396 g/mol. The fourth-order valence-electron chi connectivity index (χ4n) is 3.50. The van der Waals surface area contributed by atoms with Gasteiger partial charge in [0.25, 0.3) is 0 Å². The molecule has 3 aromatic carbocycles. The van der Waals surface area contributed by atoms with Crippen LogP contribution in [0.1, 0.15) is 11.1 Å². The summed E-state index contributed by atoms with van der Waals surface area (Å²) >= 11 is 0. The zero-order chi connectivity index (χ0) is 20.9. The van der Waals surface area contributed by atoms with E-state index in [2.05, 4.69) is 29.5 Å². The van der Waals surface area contributed by atoms with Crippen LogP contribution in [0.15, 0.2) is 95.6 Å². The highest BCUT2D eigenvalue weighted by Gasteiger charge is 2.34. The first kappa shape index (κ1) is 19.6. The van der Waals surface area contributed by atoms with E-state index in [-0.39, 0.29) is 0 Å². The van der Waals surface area contributed by atoms with Crippen LogP contribution in [0.4, 0.5) is 11.4 Å². The second-order valence-corrected chi connectivity index (χ2v) is 7.36. The molecule has 0 saturated heterocycles. The molecule has 0 aliphatic carbocycles. The fraction of sp³-hybridized carbons (Fsp3) is 0.160. The lowest BCUT2D eigenvalue weighted by Crippen LogP contribution is -2.41. The normalized spacial score (nSPS) is 15.7. The van der Waals surface area contributed by atoms with Gasteiger partial charge in [0.2, 0.25) is 0 Å². The van der Waals surface area contributed by atoms with E-state index in [9.17, 15) is 4.79 Å². The Kier molecular flexibility index (Phi) is 5.75. The van der Waals surface area contributed by atoms with Gasteiger partial charge in [-0.3, -0.25) is 5.32 Å². The maximum Gasteiger partial charge on any atom is 0.141 e. The lowest BCUT2D eigenvalue weighted by Gasteiger charge is -2.25. The maximum atomic E-state index is 12.0. The van der Waals surface area contributed by atoms with Crippen LogP contribution in [0, 0.1) is 0 Å². The van der Waals surface area contributed by atoms with Crippen LogP contribution in [-0.4, -0.2) is 31.9 Å². The van der Waals surface area contributed by atoms with Crippen LogP contribution in [0.3, 0.4) is 0 Å². The van der Waals surface area contributed by atoms with E-state index in [0.717, 1.165) is 22.5 Å². The van der Waals surface area contributed by atoms with Crippen LogP contribution in [0.25, 0.3) is 0 Å². The number of nitrogens with zero attached hydrogens (tertiary/aromatic N) is 3. The number of hydrogen-bond donors (Lipinski definition) is 1. The molecule has 1 N–H and O–H groups in total. The van der Waals surface area contributed by atoms with E-state index in [1.54, 1.807) is 0 Å². The topological polar surface area (TPSA) is 47.9 Å². The van der Waals surface area contributed by atoms with Gasteiger partial charge in [-0.25, -0.2) is 9.80 Å². The van der Waals surface area contributed by atoms with Crippen molar-refractivity contribution in [2.24, 2.45) is 5.10 Å². The number of anilines is 2. The van der Waals surface area contributed by atoms with Crippen LogP contribution in [-0.2, 0) is 11.3 Å². The van der Waals surface area contributed by atoms with Gasteiger partial charge in [0, 0.05) is 31.9 Å². The Hall–Kier alpha value is -3.66. The van der Waals surface area contributed by atoms with Gasteiger partial charge in [-0.1, -0.05) is 66.7 Å². The monoisotopic (exact) mass is 396 g/mol. The molecule has 1 aliphatic heterocycles. The SMILES string of the molecule is CN(C)c1cccc(N2N=C(c3ccccc3)C(=C=O)C2NCc2ccccc2)c1. The smallest absolute Gasteiger partial charge is 0.141 e. The van der Waals surface area contributed by atoms with Gasteiger partial charge < -0.3 is 4.90 Å². The quantitative estimate of drug-likeness (QED) is 0.643. The Morgan fingerprint density at radius 2 is 1.67 bits per heavy atom. The summed E-state index contributed by atoms with van der Waals surface area (Å²) in [4.78, 5) is 14.1. The average Bonchev–Trinajstić information content (AvgIpc) is 3.17. The molecule has 0 amide bonds. The Balaban J connectivity index is 1.73. The van der Waals surface area contributed by atoms with Crippen LogP contribution >= 0.6 is 0 Å². The summed E-state index contributed by atoms with van der Waals surface area (Å²) in [5.74, 6) is 2.16.